The summed E-state index contributed by atoms with van der Waals surface area (Å²) in [5.74, 6) is -0.459. The van der Waals surface area contributed by atoms with Gasteiger partial charge in [0.2, 0.25) is 0 Å². The molecule has 0 aromatic carbocycles. The maximum atomic E-state index is 15.4. The number of rotatable bonds is 10. The molecule has 0 radical (unpaired) electrons. The molecule has 1 aromatic heterocycles. The van der Waals surface area contributed by atoms with Gasteiger partial charge in [-0.25, -0.2) is 13.8 Å². The average molecular weight is 531 g/mol. The van der Waals surface area contributed by atoms with E-state index in [0.717, 1.165) is 30.2 Å². The summed E-state index contributed by atoms with van der Waals surface area (Å²) in [5, 5.41) is 13.1. The number of allylic oxidation sites excluding steroid dienone is 3. The first kappa shape index (κ1) is 28.0. The molecule has 1 aromatic rings. The van der Waals surface area contributed by atoms with Crippen LogP contribution in [0.3, 0.4) is 0 Å². The van der Waals surface area contributed by atoms with Crippen molar-refractivity contribution in [3.63, 3.8) is 0 Å². The minimum atomic E-state index is -4.27. The third-order valence-electron chi connectivity index (χ3n) is 5.47. The minimum Gasteiger partial charge on any atom is -0.462 e. The largest absolute Gasteiger partial charge is 0.462 e. The predicted octanol–water partition coefficient (Wildman–Crippen LogP) is 1.83. The Morgan fingerprint density at radius 1 is 1.39 bits per heavy atom. The van der Waals surface area contributed by atoms with Crippen LogP contribution in [-0.4, -0.2) is 57.3 Å². The Kier molecular flexibility index (Phi) is 8.73. The first-order valence-electron chi connectivity index (χ1n) is 11.5. The number of carbonyl (C=O) groups excluding carboxylic acids is 1. The van der Waals surface area contributed by atoms with Crippen LogP contribution in [0.5, 0.6) is 0 Å². The second kappa shape index (κ2) is 11.2. The highest BCUT2D eigenvalue weighted by Crippen LogP contribution is 2.49. The topological polar surface area (TPSA) is 158 Å². The molecule has 12 nitrogen and oxygen atoms in total. The van der Waals surface area contributed by atoms with Gasteiger partial charge in [0, 0.05) is 12.3 Å². The van der Waals surface area contributed by atoms with E-state index in [-0.39, 0.29) is 5.76 Å². The first-order chi connectivity index (χ1) is 16.8. The summed E-state index contributed by atoms with van der Waals surface area (Å²) in [4.78, 5) is 37.7. The fourth-order valence-corrected chi connectivity index (χ4v) is 5.16. The van der Waals surface area contributed by atoms with Gasteiger partial charge in [0.15, 0.2) is 11.9 Å². The molecule has 2 aliphatic rings. The number of halogens is 1. The summed E-state index contributed by atoms with van der Waals surface area (Å²) < 4.78 is 51.5. The number of carbonyl (C=O) groups is 1. The third kappa shape index (κ3) is 6.60. The molecule has 0 saturated carbocycles. The van der Waals surface area contributed by atoms with E-state index in [0.29, 0.717) is 6.42 Å². The molecule has 200 valence electrons. The summed E-state index contributed by atoms with van der Waals surface area (Å²) in [5.41, 5.74) is -4.10. The van der Waals surface area contributed by atoms with Crippen molar-refractivity contribution < 1.29 is 37.4 Å². The molecule has 2 heterocycles. The Morgan fingerprint density at radius 2 is 2.11 bits per heavy atom. The van der Waals surface area contributed by atoms with Gasteiger partial charge in [-0.1, -0.05) is 6.08 Å². The van der Waals surface area contributed by atoms with Crippen molar-refractivity contribution >= 4 is 13.7 Å². The summed E-state index contributed by atoms with van der Waals surface area (Å²) in [7, 11) is -4.27. The molecule has 0 unspecified atom stereocenters. The van der Waals surface area contributed by atoms with Crippen LogP contribution >= 0.6 is 7.75 Å². The highest BCUT2D eigenvalue weighted by Gasteiger charge is 2.56. The van der Waals surface area contributed by atoms with Gasteiger partial charge in [-0.15, -0.1) is 0 Å². The zero-order chi connectivity index (χ0) is 26.7. The second-order valence-electron chi connectivity index (χ2n) is 8.95. The number of aliphatic hydroxyl groups excluding tert-OH is 1. The van der Waals surface area contributed by atoms with Gasteiger partial charge in [-0.05, 0) is 52.7 Å². The van der Waals surface area contributed by atoms with E-state index in [1.54, 1.807) is 32.1 Å². The van der Waals surface area contributed by atoms with Crippen LogP contribution in [0.15, 0.2) is 45.8 Å². The quantitative estimate of drug-likeness (QED) is 0.300. The maximum absolute atomic E-state index is 15.4. The minimum absolute atomic E-state index is 0.238. The van der Waals surface area contributed by atoms with Gasteiger partial charge < -0.3 is 19.1 Å². The Hall–Kier alpha value is -2.57. The molecule has 3 rings (SSSR count). The maximum Gasteiger partial charge on any atom is 0.459 e. The average Bonchev–Trinajstić information content (AvgIpc) is 3.01. The number of alkyl halides is 1. The van der Waals surface area contributed by atoms with Crippen molar-refractivity contribution in [2.75, 3.05) is 6.61 Å². The van der Waals surface area contributed by atoms with E-state index in [1.807, 2.05) is 4.98 Å². The molecule has 0 bridgehead atoms. The highest BCUT2D eigenvalue weighted by molar-refractivity contribution is 7.51. The number of esters is 1. The van der Waals surface area contributed by atoms with E-state index >= 15 is 4.39 Å². The Balaban J connectivity index is 1.78. The zero-order valence-electron chi connectivity index (χ0n) is 20.4. The lowest BCUT2D eigenvalue weighted by Crippen LogP contribution is -2.43. The number of hydrogen-bond acceptors (Lipinski definition) is 9. The number of ether oxygens (including phenoxy) is 2. The Bertz CT molecular complexity index is 1180. The van der Waals surface area contributed by atoms with Crippen LogP contribution in [0.4, 0.5) is 4.39 Å². The lowest BCUT2D eigenvalue weighted by atomic mass is 9.98. The molecule has 0 amide bonds. The molecular formula is C22H31FN3O9P. The molecule has 6 atom stereocenters. The van der Waals surface area contributed by atoms with Crippen LogP contribution in [0, 0.1) is 0 Å². The fourth-order valence-electron chi connectivity index (χ4n) is 3.64. The molecule has 36 heavy (non-hydrogen) atoms. The normalized spacial score (nSPS) is 28.4. The standard InChI is InChI=1S/C22H31FN3O9P/c1-13(2)33-19(29)14(3)25-36(31,35-15-8-6-5-7-9-15)32-12-16-18(28)22(4,23)20(34-16)26-11-10-17(27)24-21(26)30/h6,8-11,13-14,16,18,20,28H,5,7,12H2,1-4H3,(H,25,31)(H,24,27,30)/t14-,16+,18+,20+,22+,36-/m0/s1. The molecular weight excluding hydrogens is 500 g/mol. The summed E-state index contributed by atoms with van der Waals surface area (Å²) >= 11 is 0. The van der Waals surface area contributed by atoms with Crippen molar-refractivity contribution in [3.05, 3.63) is 57.1 Å². The van der Waals surface area contributed by atoms with E-state index < -0.39 is 67.8 Å². The Morgan fingerprint density at radius 3 is 2.72 bits per heavy atom. The van der Waals surface area contributed by atoms with Crippen molar-refractivity contribution in [2.24, 2.45) is 0 Å². The van der Waals surface area contributed by atoms with Gasteiger partial charge in [-0.2, -0.15) is 5.09 Å². The van der Waals surface area contributed by atoms with Crippen LogP contribution < -0.4 is 16.3 Å². The van der Waals surface area contributed by atoms with Crippen molar-refractivity contribution in [1.82, 2.24) is 14.6 Å². The molecule has 14 heteroatoms. The number of H-pyrrole nitrogens is 1. The predicted molar refractivity (Wildman–Crippen MR) is 126 cm³/mol. The number of aliphatic hydroxyl groups is 1. The second-order valence-corrected chi connectivity index (χ2v) is 10.6. The van der Waals surface area contributed by atoms with Gasteiger partial charge in [0.05, 0.1) is 12.7 Å². The molecule has 1 saturated heterocycles. The summed E-state index contributed by atoms with van der Waals surface area (Å²) in [6.45, 7) is 5.13. The third-order valence-corrected chi connectivity index (χ3v) is 7.12. The van der Waals surface area contributed by atoms with Crippen LogP contribution in [0.25, 0.3) is 0 Å². The number of aromatic nitrogens is 2. The van der Waals surface area contributed by atoms with Gasteiger partial charge in [0.25, 0.3) is 5.56 Å². The number of hydrogen-bond donors (Lipinski definition) is 3. The van der Waals surface area contributed by atoms with Gasteiger partial charge >= 0.3 is 19.4 Å². The van der Waals surface area contributed by atoms with Crippen LogP contribution in [-0.2, 0) is 27.9 Å². The lowest BCUT2D eigenvalue weighted by molar-refractivity contribution is -0.149. The van der Waals surface area contributed by atoms with Crippen molar-refractivity contribution in [1.29, 1.82) is 0 Å². The fraction of sp³-hybridized carbons (Fsp3) is 0.591. The van der Waals surface area contributed by atoms with Gasteiger partial charge in [0.1, 0.15) is 24.0 Å². The Labute approximate surface area is 206 Å². The zero-order valence-corrected chi connectivity index (χ0v) is 21.3. The molecule has 1 aliphatic carbocycles. The van der Waals surface area contributed by atoms with Crippen LogP contribution in [0.1, 0.15) is 46.8 Å². The highest BCUT2D eigenvalue weighted by atomic mass is 31.2. The SMILES string of the molecule is CC(C)OC(=O)[C@H](C)N[P@](=O)(OC[C@H]1O[C@@H](n2ccc(=O)[nH]c2=O)[C@](C)(F)[C@@H]1O)OC1=CCCC=C1. The van der Waals surface area contributed by atoms with E-state index in [2.05, 4.69) is 5.09 Å². The van der Waals surface area contributed by atoms with Gasteiger partial charge in [-0.3, -0.25) is 23.7 Å². The number of aromatic amines is 1. The van der Waals surface area contributed by atoms with E-state index in [1.165, 1.54) is 6.92 Å². The summed E-state index contributed by atoms with van der Waals surface area (Å²) in [6.07, 6.45) is 2.33. The smallest absolute Gasteiger partial charge is 0.459 e. The molecule has 1 fully saturated rings. The number of nitrogens with one attached hydrogen (secondary N) is 2. The lowest BCUT2D eigenvalue weighted by Gasteiger charge is -2.26. The molecule has 0 spiro atoms. The van der Waals surface area contributed by atoms with Crippen molar-refractivity contribution in [3.8, 4) is 0 Å². The summed E-state index contributed by atoms with van der Waals surface area (Å²) in [6, 6.07) is -0.0915. The van der Waals surface area contributed by atoms with E-state index in [4.69, 9.17) is 18.5 Å². The van der Waals surface area contributed by atoms with Crippen LogP contribution in [0.2, 0.25) is 0 Å². The molecule has 1 aliphatic heterocycles. The van der Waals surface area contributed by atoms with Crippen molar-refractivity contribution in [2.45, 2.75) is 76.8 Å². The first-order valence-corrected chi connectivity index (χ1v) is 13.0. The molecule has 3 N–H and O–H groups in total. The van der Waals surface area contributed by atoms with E-state index in [9.17, 15) is 24.1 Å². The monoisotopic (exact) mass is 531 g/mol. The number of nitrogens with zero attached hydrogens (tertiary/aromatic N) is 1.